The molecule has 0 radical (unpaired) electrons. The van der Waals surface area contributed by atoms with Gasteiger partial charge in [-0.2, -0.15) is 0 Å². The number of rotatable bonds is 6. The van der Waals surface area contributed by atoms with Gasteiger partial charge in [-0.3, -0.25) is 0 Å². The van der Waals surface area contributed by atoms with E-state index in [-0.39, 0.29) is 20.9 Å². The summed E-state index contributed by atoms with van der Waals surface area (Å²) in [7, 11) is -4.16. The zero-order chi connectivity index (χ0) is 29.1. The molecule has 1 aromatic rings. The molecule has 0 bridgehead atoms. The van der Waals surface area contributed by atoms with Crippen LogP contribution in [0.25, 0.3) is 0 Å². The molecular formula is C33H58O3Si2. The van der Waals surface area contributed by atoms with Gasteiger partial charge in [0.15, 0.2) is 0 Å². The van der Waals surface area contributed by atoms with E-state index in [1.54, 1.807) is 5.57 Å². The van der Waals surface area contributed by atoms with Gasteiger partial charge in [-0.05, 0) is 97.9 Å². The largest absolute Gasteiger partial charge is 0.543 e. The highest BCUT2D eigenvalue weighted by Gasteiger charge is 2.50. The summed E-state index contributed by atoms with van der Waals surface area (Å²) in [6.07, 6.45) is 5.15. The Morgan fingerprint density at radius 3 is 1.97 bits per heavy atom. The van der Waals surface area contributed by atoms with E-state index in [4.69, 9.17) is 8.85 Å². The third kappa shape index (κ3) is 5.72. The summed E-state index contributed by atoms with van der Waals surface area (Å²) in [5.41, 5.74) is 3.89. The molecule has 0 saturated carbocycles. The van der Waals surface area contributed by atoms with Crippen LogP contribution in [-0.4, -0.2) is 21.7 Å². The lowest BCUT2D eigenvalue weighted by Crippen LogP contribution is -2.45. The van der Waals surface area contributed by atoms with Crippen LogP contribution < -0.4 is 8.85 Å². The minimum absolute atomic E-state index is 0.0661. The van der Waals surface area contributed by atoms with Crippen LogP contribution in [0, 0.1) is 16.7 Å². The van der Waals surface area contributed by atoms with Crippen LogP contribution in [-0.2, 0) is 0 Å². The Bertz CT molecular complexity index is 1050. The molecule has 1 unspecified atom stereocenters. The Hall–Kier alpha value is -1.05. The molecule has 0 aromatic heterocycles. The average molecular weight is 559 g/mol. The highest BCUT2D eigenvalue weighted by molar-refractivity contribution is 6.75. The number of aliphatic hydroxyl groups excluding tert-OH is 1. The van der Waals surface area contributed by atoms with Crippen molar-refractivity contribution in [1.29, 1.82) is 0 Å². The molecule has 2 aliphatic carbocycles. The molecule has 3 atom stereocenters. The molecule has 0 spiro atoms. The molecule has 1 N–H and O–H groups in total. The molecule has 0 amide bonds. The Morgan fingerprint density at radius 1 is 0.868 bits per heavy atom. The molecule has 1 aromatic carbocycles. The van der Waals surface area contributed by atoms with Gasteiger partial charge in [0.05, 0.1) is 6.10 Å². The number of hydrogen-bond acceptors (Lipinski definition) is 3. The monoisotopic (exact) mass is 558 g/mol. The van der Waals surface area contributed by atoms with E-state index in [1.165, 1.54) is 18.4 Å². The van der Waals surface area contributed by atoms with Gasteiger partial charge in [0.25, 0.3) is 0 Å². The van der Waals surface area contributed by atoms with Crippen LogP contribution >= 0.6 is 0 Å². The zero-order valence-corrected chi connectivity index (χ0v) is 29.2. The lowest BCUT2D eigenvalue weighted by atomic mass is 9.54. The highest BCUT2D eigenvalue weighted by Crippen LogP contribution is 2.60. The van der Waals surface area contributed by atoms with E-state index in [1.807, 2.05) is 0 Å². The maximum atomic E-state index is 12.5. The third-order valence-electron chi connectivity index (χ3n) is 11.1. The second-order valence-corrected chi connectivity index (χ2v) is 25.7. The summed E-state index contributed by atoms with van der Waals surface area (Å²) in [6, 6.07) is 6.27. The first-order valence-corrected chi connectivity index (χ1v) is 20.8. The van der Waals surface area contributed by atoms with Gasteiger partial charge >= 0.3 is 0 Å². The summed E-state index contributed by atoms with van der Waals surface area (Å²) >= 11 is 0. The van der Waals surface area contributed by atoms with Gasteiger partial charge in [0.1, 0.15) is 11.5 Å². The van der Waals surface area contributed by atoms with E-state index in [0.29, 0.717) is 5.92 Å². The molecule has 5 heteroatoms. The summed E-state index contributed by atoms with van der Waals surface area (Å²) in [5.74, 6) is 2.08. The van der Waals surface area contributed by atoms with E-state index >= 15 is 0 Å². The molecular weight excluding hydrogens is 501 g/mol. The molecule has 38 heavy (non-hydrogen) atoms. The SMILES string of the molecule is C[C@H]1CCC2=C(CCCC2(C)C)[C@]1(C)C(O)c1cc(O[Si](C)(C)C(C)(C)C)ccc1O[Si](C)(C)C(C)(C)C. The van der Waals surface area contributed by atoms with Crippen LogP contribution in [0.5, 0.6) is 11.5 Å². The Labute approximate surface area is 237 Å². The maximum absolute atomic E-state index is 12.5. The number of benzene rings is 1. The lowest BCUT2D eigenvalue weighted by molar-refractivity contribution is 0.00558. The third-order valence-corrected chi connectivity index (χ3v) is 19.8. The topological polar surface area (TPSA) is 38.7 Å². The summed E-state index contributed by atoms with van der Waals surface area (Å²) in [5, 5.41) is 12.7. The normalized spacial score (nSPS) is 25.6. The molecule has 0 saturated heterocycles. The second-order valence-electron chi connectivity index (χ2n) is 16.2. The van der Waals surface area contributed by atoms with Gasteiger partial charge in [0, 0.05) is 11.0 Å². The number of hydrogen-bond donors (Lipinski definition) is 1. The standard InChI is InChI=1S/C33H58O3Si2/c1-23-17-19-26-27(16-15-21-32(26,8)9)33(23,10)29(34)25-22-24(35-37(11,12)30(2,3)4)18-20-28(25)36-38(13,14)31(5,6)7/h18,20,22-23,29,34H,15-17,19,21H2,1-14H3/t23-,29?,33+/m0/s1. The molecule has 3 nitrogen and oxygen atoms in total. The molecule has 0 fully saturated rings. The summed E-state index contributed by atoms with van der Waals surface area (Å²) in [6.45, 7) is 32.3. The maximum Gasteiger partial charge on any atom is 0.250 e. The van der Waals surface area contributed by atoms with Crippen molar-refractivity contribution >= 4 is 16.6 Å². The second kappa shape index (κ2) is 10.1. The van der Waals surface area contributed by atoms with Crippen molar-refractivity contribution < 1.29 is 14.0 Å². The first-order chi connectivity index (χ1) is 17.0. The van der Waals surface area contributed by atoms with Crippen LogP contribution in [0.4, 0.5) is 0 Å². The Morgan fingerprint density at radius 2 is 1.42 bits per heavy atom. The molecule has 3 rings (SSSR count). The number of aliphatic hydroxyl groups is 1. The molecule has 0 aliphatic heterocycles. The van der Waals surface area contributed by atoms with Crippen LogP contribution in [0.15, 0.2) is 29.3 Å². The van der Waals surface area contributed by atoms with Gasteiger partial charge in [0.2, 0.25) is 16.6 Å². The first-order valence-electron chi connectivity index (χ1n) is 15.0. The fourth-order valence-corrected chi connectivity index (χ4v) is 8.05. The van der Waals surface area contributed by atoms with Crippen molar-refractivity contribution in [2.75, 3.05) is 0 Å². The minimum atomic E-state index is -2.12. The van der Waals surface area contributed by atoms with Gasteiger partial charge in [-0.15, -0.1) is 0 Å². The van der Waals surface area contributed by atoms with Crippen molar-refractivity contribution in [3.8, 4) is 11.5 Å². The zero-order valence-electron chi connectivity index (χ0n) is 27.2. The smallest absolute Gasteiger partial charge is 0.250 e. The predicted molar refractivity (Wildman–Crippen MR) is 168 cm³/mol. The fourth-order valence-electron chi connectivity index (χ4n) is 5.99. The van der Waals surface area contributed by atoms with E-state index < -0.39 is 22.7 Å². The van der Waals surface area contributed by atoms with Crippen molar-refractivity contribution in [2.45, 2.75) is 144 Å². The predicted octanol–water partition coefficient (Wildman–Crippen LogP) is 10.4. The van der Waals surface area contributed by atoms with Crippen molar-refractivity contribution in [2.24, 2.45) is 16.7 Å². The number of allylic oxidation sites excluding steroid dienone is 1. The van der Waals surface area contributed by atoms with Crippen molar-refractivity contribution in [1.82, 2.24) is 0 Å². The van der Waals surface area contributed by atoms with Gasteiger partial charge in [-0.25, -0.2) is 0 Å². The summed E-state index contributed by atoms with van der Waals surface area (Å²) in [4.78, 5) is 0. The summed E-state index contributed by atoms with van der Waals surface area (Å²) < 4.78 is 13.7. The molecule has 216 valence electrons. The van der Waals surface area contributed by atoms with E-state index in [0.717, 1.165) is 36.3 Å². The Kier molecular flexibility index (Phi) is 8.37. The average Bonchev–Trinajstić information content (AvgIpc) is 2.74. The lowest BCUT2D eigenvalue weighted by Gasteiger charge is -2.52. The Balaban J connectivity index is 2.19. The van der Waals surface area contributed by atoms with Gasteiger partial charge < -0.3 is 14.0 Å². The van der Waals surface area contributed by atoms with E-state index in [9.17, 15) is 5.11 Å². The minimum Gasteiger partial charge on any atom is -0.543 e. The highest BCUT2D eigenvalue weighted by atomic mass is 28.4. The fraction of sp³-hybridized carbons (Fsp3) is 0.758. The van der Waals surface area contributed by atoms with Gasteiger partial charge in [-0.1, -0.05) is 80.4 Å². The first kappa shape index (κ1) is 31.5. The van der Waals surface area contributed by atoms with E-state index in [2.05, 4.69) is 114 Å². The molecule has 0 heterocycles. The van der Waals surface area contributed by atoms with Crippen molar-refractivity contribution in [3.63, 3.8) is 0 Å². The van der Waals surface area contributed by atoms with Crippen LogP contribution in [0.3, 0.4) is 0 Å². The van der Waals surface area contributed by atoms with Crippen LogP contribution in [0.1, 0.15) is 113 Å². The van der Waals surface area contributed by atoms with Crippen molar-refractivity contribution in [3.05, 3.63) is 34.9 Å². The quantitative estimate of drug-likeness (QED) is 0.279. The molecule has 2 aliphatic rings. The van der Waals surface area contributed by atoms with Crippen LogP contribution in [0.2, 0.25) is 36.3 Å².